The highest BCUT2D eigenvalue weighted by Gasteiger charge is 2.36. The van der Waals surface area contributed by atoms with Gasteiger partial charge in [0, 0.05) is 25.1 Å². The maximum Gasteiger partial charge on any atom is 0.271 e. The van der Waals surface area contributed by atoms with Gasteiger partial charge in [-0.15, -0.1) is 0 Å². The van der Waals surface area contributed by atoms with E-state index in [1.54, 1.807) is 18.1 Å². The molecule has 0 unspecified atom stereocenters. The first-order valence-electron chi connectivity index (χ1n) is 10.1. The minimum Gasteiger partial charge on any atom is -0.496 e. The Morgan fingerprint density at radius 1 is 1.16 bits per heavy atom. The smallest absolute Gasteiger partial charge is 0.271 e. The number of carbonyl (C=O) groups is 1. The van der Waals surface area contributed by atoms with Crippen LogP contribution in [-0.2, 0) is 6.42 Å². The van der Waals surface area contributed by atoms with E-state index in [0.717, 1.165) is 11.1 Å². The van der Waals surface area contributed by atoms with Gasteiger partial charge in [0.05, 0.1) is 18.7 Å². The fourth-order valence-corrected chi connectivity index (χ4v) is 3.68. The topological polar surface area (TPSA) is 97.1 Å². The van der Waals surface area contributed by atoms with Crippen molar-refractivity contribution in [3.63, 3.8) is 0 Å². The highest BCUT2D eigenvalue weighted by molar-refractivity contribution is 5.94. The number of hydrogen-bond acceptors (Lipinski definition) is 6. The maximum atomic E-state index is 12.8. The second kappa shape index (κ2) is 8.06. The number of carbonyl (C=O) groups excluding carboxylic acids is 1. The van der Waals surface area contributed by atoms with Crippen molar-refractivity contribution < 1.29 is 14.1 Å². The molecule has 0 spiro atoms. The lowest BCUT2D eigenvalue weighted by Gasteiger charge is -2.36. The van der Waals surface area contributed by atoms with E-state index in [-0.39, 0.29) is 11.8 Å². The van der Waals surface area contributed by atoms with Crippen LogP contribution in [0.2, 0.25) is 0 Å². The van der Waals surface area contributed by atoms with Crippen LogP contribution in [0.3, 0.4) is 0 Å². The summed E-state index contributed by atoms with van der Waals surface area (Å²) in [4.78, 5) is 19.1. The second-order valence-electron chi connectivity index (χ2n) is 7.49. The molecule has 2 aromatic heterocycles. The van der Waals surface area contributed by atoms with Crippen LogP contribution < -0.4 is 4.74 Å². The fraction of sp³-hybridized carbons (Fsp3) is 0.217. The summed E-state index contributed by atoms with van der Waals surface area (Å²) in [6, 6.07) is 19.3. The summed E-state index contributed by atoms with van der Waals surface area (Å²) in [5.74, 6) is 1.89. The highest BCUT2D eigenvalue weighted by Crippen LogP contribution is 2.30. The maximum absolute atomic E-state index is 12.8. The van der Waals surface area contributed by atoms with Crippen molar-refractivity contribution >= 4 is 5.91 Å². The van der Waals surface area contributed by atoms with Crippen molar-refractivity contribution in [3.05, 3.63) is 83.6 Å². The van der Waals surface area contributed by atoms with Crippen LogP contribution in [0.25, 0.3) is 11.3 Å². The van der Waals surface area contributed by atoms with Crippen molar-refractivity contribution in [2.75, 3.05) is 20.2 Å². The van der Waals surface area contributed by atoms with Crippen LogP contribution in [-0.4, -0.2) is 51.3 Å². The number of amides is 1. The van der Waals surface area contributed by atoms with Crippen LogP contribution in [0, 0.1) is 0 Å². The van der Waals surface area contributed by atoms with E-state index in [1.165, 1.54) is 0 Å². The van der Waals surface area contributed by atoms with E-state index in [1.807, 2.05) is 54.6 Å². The summed E-state index contributed by atoms with van der Waals surface area (Å²) in [7, 11) is 1.61. The standard InChI is InChI=1S/C23H21N5O3/c1-30-20-10-6-5-9-17(20)18-12-19(26-25-18)23(29)28-13-16(14-28)22-24-21(27-31-22)11-15-7-3-2-4-8-15/h2-10,12,16H,11,13-14H2,1H3,(H,25,26). The normalized spacial score (nSPS) is 13.8. The Kier molecular flexibility index (Phi) is 4.95. The highest BCUT2D eigenvalue weighted by atomic mass is 16.5. The first kappa shape index (κ1) is 19.0. The molecule has 4 aromatic rings. The van der Waals surface area contributed by atoms with Gasteiger partial charge in [0.15, 0.2) is 5.82 Å². The molecule has 1 fully saturated rings. The van der Waals surface area contributed by atoms with Crippen LogP contribution in [0.4, 0.5) is 0 Å². The summed E-state index contributed by atoms with van der Waals surface area (Å²) < 4.78 is 10.8. The number of ether oxygens (including phenoxy) is 1. The summed E-state index contributed by atoms with van der Waals surface area (Å²) >= 11 is 0. The third-order valence-electron chi connectivity index (χ3n) is 5.40. The average molecular weight is 415 g/mol. The zero-order chi connectivity index (χ0) is 21.2. The molecule has 3 heterocycles. The number of hydrogen-bond donors (Lipinski definition) is 1. The third kappa shape index (κ3) is 3.79. The molecule has 156 valence electrons. The molecule has 1 N–H and O–H groups in total. The minimum absolute atomic E-state index is 0.0533. The number of nitrogens with zero attached hydrogens (tertiary/aromatic N) is 4. The van der Waals surface area contributed by atoms with Gasteiger partial charge in [-0.25, -0.2) is 0 Å². The van der Waals surface area contributed by atoms with Crippen LogP contribution >= 0.6 is 0 Å². The molecular formula is C23H21N5O3. The monoisotopic (exact) mass is 415 g/mol. The number of para-hydroxylation sites is 1. The zero-order valence-electron chi connectivity index (χ0n) is 17.0. The molecule has 2 aromatic carbocycles. The van der Waals surface area contributed by atoms with Crippen LogP contribution in [0.1, 0.15) is 33.7 Å². The first-order valence-corrected chi connectivity index (χ1v) is 10.1. The lowest BCUT2D eigenvalue weighted by Crippen LogP contribution is -2.48. The Balaban J connectivity index is 1.22. The van der Waals surface area contributed by atoms with Gasteiger partial charge in [0.25, 0.3) is 5.91 Å². The molecule has 1 amide bonds. The van der Waals surface area contributed by atoms with Gasteiger partial charge in [-0.3, -0.25) is 9.89 Å². The molecule has 5 rings (SSSR count). The number of H-pyrrole nitrogens is 1. The van der Waals surface area contributed by atoms with Gasteiger partial charge in [-0.05, 0) is 23.8 Å². The summed E-state index contributed by atoms with van der Waals surface area (Å²) in [6.07, 6.45) is 0.625. The fourth-order valence-electron chi connectivity index (χ4n) is 3.68. The van der Waals surface area contributed by atoms with Crippen molar-refractivity contribution in [1.82, 2.24) is 25.2 Å². The lowest BCUT2D eigenvalue weighted by molar-refractivity contribution is 0.0563. The predicted octanol–water partition coefficient (Wildman–Crippen LogP) is 3.30. The SMILES string of the molecule is COc1ccccc1-c1cc(C(=O)N2CC(c3nc(Cc4ccccc4)no3)C2)[nH]n1. The number of methoxy groups -OCH3 is 1. The molecule has 1 saturated heterocycles. The minimum atomic E-state index is -0.103. The molecule has 1 aliphatic heterocycles. The molecule has 0 saturated carbocycles. The molecule has 0 radical (unpaired) electrons. The second-order valence-corrected chi connectivity index (χ2v) is 7.49. The Morgan fingerprint density at radius 2 is 1.94 bits per heavy atom. The van der Waals surface area contributed by atoms with Crippen molar-refractivity contribution in [1.29, 1.82) is 0 Å². The van der Waals surface area contributed by atoms with Crippen LogP contribution in [0.15, 0.2) is 65.2 Å². The number of likely N-dealkylation sites (tertiary alicyclic amines) is 1. The quantitative estimate of drug-likeness (QED) is 0.519. The molecule has 31 heavy (non-hydrogen) atoms. The van der Waals surface area contributed by atoms with Gasteiger partial charge < -0.3 is 14.2 Å². The molecule has 8 heteroatoms. The number of rotatable bonds is 6. The van der Waals surface area contributed by atoms with Crippen molar-refractivity contribution in [2.24, 2.45) is 0 Å². The Bertz CT molecular complexity index is 1190. The predicted molar refractivity (Wildman–Crippen MR) is 113 cm³/mol. The Hall–Kier alpha value is -3.94. The van der Waals surface area contributed by atoms with E-state index < -0.39 is 0 Å². The van der Waals surface area contributed by atoms with E-state index in [4.69, 9.17) is 9.26 Å². The van der Waals surface area contributed by atoms with E-state index in [2.05, 4.69) is 20.3 Å². The largest absolute Gasteiger partial charge is 0.496 e. The molecule has 0 atom stereocenters. The number of nitrogens with one attached hydrogen (secondary N) is 1. The van der Waals surface area contributed by atoms with Gasteiger partial charge >= 0.3 is 0 Å². The van der Waals surface area contributed by atoms with Gasteiger partial charge in [-0.1, -0.05) is 47.6 Å². The van der Waals surface area contributed by atoms with E-state index >= 15 is 0 Å². The molecule has 0 bridgehead atoms. The third-order valence-corrected chi connectivity index (χ3v) is 5.40. The van der Waals surface area contributed by atoms with E-state index in [0.29, 0.717) is 48.4 Å². The molecular weight excluding hydrogens is 394 g/mol. The number of aromatic nitrogens is 4. The molecule has 8 nitrogen and oxygen atoms in total. The first-order chi connectivity index (χ1) is 15.2. The number of aromatic amines is 1. The van der Waals surface area contributed by atoms with Crippen molar-refractivity contribution in [3.8, 4) is 17.0 Å². The summed E-state index contributed by atoms with van der Waals surface area (Å²) in [6.45, 7) is 1.07. The molecule has 1 aliphatic rings. The zero-order valence-corrected chi connectivity index (χ0v) is 17.0. The summed E-state index contributed by atoms with van der Waals surface area (Å²) in [5.41, 5.74) is 3.07. The van der Waals surface area contributed by atoms with Gasteiger partial charge in [-0.2, -0.15) is 10.1 Å². The average Bonchev–Trinajstić information content (AvgIpc) is 3.43. The summed E-state index contributed by atoms with van der Waals surface area (Å²) in [5, 5.41) is 11.2. The van der Waals surface area contributed by atoms with Gasteiger partial charge in [0.1, 0.15) is 11.4 Å². The Morgan fingerprint density at radius 3 is 2.74 bits per heavy atom. The van der Waals surface area contributed by atoms with Crippen molar-refractivity contribution in [2.45, 2.75) is 12.3 Å². The lowest BCUT2D eigenvalue weighted by atomic mass is 9.99. The number of benzene rings is 2. The van der Waals surface area contributed by atoms with E-state index in [9.17, 15) is 4.79 Å². The van der Waals surface area contributed by atoms with Crippen LogP contribution in [0.5, 0.6) is 5.75 Å². The Labute approximate surface area is 178 Å². The van der Waals surface area contributed by atoms with Gasteiger partial charge in [0.2, 0.25) is 5.89 Å². The molecule has 0 aliphatic carbocycles.